The van der Waals surface area contributed by atoms with Crippen LogP contribution in [0.1, 0.15) is 25.0 Å². The van der Waals surface area contributed by atoms with Gasteiger partial charge in [-0.25, -0.2) is 9.97 Å². The van der Waals surface area contributed by atoms with Gasteiger partial charge in [0.2, 0.25) is 0 Å². The van der Waals surface area contributed by atoms with E-state index < -0.39 is 0 Å². The molecule has 1 aliphatic carbocycles. The summed E-state index contributed by atoms with van der Waals surface area (Å²) in [5.74, 6) is 0.708. The van der Waals surface area contributed by atoms with Gasteiger partial charge in [0.1, 0.15) is 0 Å². The van der Waals surface area contributed by atoms with Crippen LogP contribution in [0.3, 0.4) is 0 Å². The van der Waals surface area contributed by atoms with Crippen LogP contribution in [0.15, 0.2) is 206 Å². The zero-order chi connectivity index (χ0) is 39.5. The van der Waals surface area contributed by atoms with E-state index in [1.165, 1.54) is 71.8 Å². The quantitative estimate of drug-likeness (QED) is 0.169. The normalized spacial score (nSPS) is 12.7. The minimum absolute atomic E-state index is 0.0916. The average Bonchev–Trinajstić information content (AvgIpc) is 3.54. The van der Waals surface area contributed by atoms with Crippen molar-refractivity contribution in [3.05, 3.63) is 217 Å². The van der Waals surface area contributed by atoms with Gasteiger partial charge in [0, 0.05) is 22.1 Å². The van der Waals surface area contributed by atoms with E-state index in [4.69, 9.17) is 9.97 Å². The molecule has 0 saturated carbocycles. The maximum absolute atomic E-state index is 5.25. The molecule has 0 aliphatic heterocycles. The van der Waals surface area contributed by atoms with Crippen LogP contribution in [0.4, 0.5) is 0 Å². The molecular weight excluding hydrogens is 713 g/mol. The molecule has 10 aromatic rings. The van der Waals surface area contributed by atoms with E-state index in [0.717, 1.165) is 33.5 Å². The summed E-state index contributed by atoms with van der Waals surface area (Å²) in [4.78, 5) is 10.4. The highest BCUT2D eigenvalue weighted by Gasteiger charge is 2.37. The summed E-state index contributed by atoms with van der Waals surface area (Å²) in [6.07, 6.45) is 0. The maximum Gasteiger partial charge on any atom is 0.160 e. The number of benzene rings is 9. The summed E-state index contributed by atoms with van der Waals surface area (Å²) in [6.45, 7) is 4.74. The molecule has 9 aromatic carbocycles. The van der Waals surface area contributed by atoms with E-state index >= 15 is 0 Å². The molecule has 0 fully saturated rings. The van der Waals surface area contributed by atoms with E-state index in [-0.39, 0.29) is 5.41 Å². The third kappa shape index (κ3) is 5.96. The molecule has 0 radical (unpaired) electrons. The Morgan fingerprint density at radius 1 is 0.322 bits per heavy atom. The molecular formula is C57H40N2. The Labute approximate surface area is 345 Å². The molecule has 0 amide bonds. The summed E-state index contributed by atoms with van der Waals surface area (Å²) in [5.41, 5.74) is 17.5. The van der Waals surface area contributed by atoms with Gasteiger partial charge in [0.25, 0.3) is 0 Å². The topological polar surface area (TPSA) is 25.8 Å². The van der Waals surface area contributed by atoms with Crippen LogP contribution in [0.25, 0.3) is 100.0 Å². The van der Waals surface area contributed by atoms with Crippen molar-refractivity contribution in [2.75, 3.05) is 0 Å². The lowest BCUT2D eigenvalue weighted by Gasteiger charge is -2.23. The molecule has 278 valence electrons. The van der Waals surface area contributed by atoms with Gasteiger partial charge >= 0.3 is 0 Å². The van der Waals surface area contributed by atoms with E-state index in [9.17, 15) is 0 Å². The van der Waals surface area contributed by atoms with Crippen molar-refractivity contribution in [1.29, 1.82) is 0 Å². The molecule has 0 bridgehead atoms. The smallest absolute Gasteiger partial charge is 0.160 e. The fraction of sp³-hybridized carbons (Fsp3) is 0.0526. The highest BCUT2D eigenvalue weighted by atomic mass is 14.9. The lowest BCUT2D eigenvalue weighted by molar-refractivity contribution is 0.666. The molecule has 2 heteroatoms. The number of hydrogen-bond acceptors (Lipinski definition) is 2. The van der Waals surface area contributed by atoms with Crippen LogP contribution in [-0.2, 0) is 5.41 Å². The first-order chi connectivity index (χ1) is 29.0. The second-order valence-electron chi connectivity index (χ2n) is 16.1. The van der Waals surface area contributed by atoms with Crippen molar-refractivity contribution in [1.82, 2.24) is 9.97 Å². The van der Waals surface area contributed by atoms with E-state index in [0.29, 0.717) is 5.82 Å². The molecule has 11 rings (SSSR count). The Morgan fingerprint density at radius 3 is 1.49 bits per heavy atom. The predicted molar refractivity (Wildman–Crippen MR) is 247 cm³/mol. The molecule has 59 heavy (non-hydrogen) atoms. The third-order valence-corrected chi connectivity index (χ3v) is 12.3. The number of aromatic nitrogens is 2. The van der Waals surface area contributed by atoms with Crippen molar-refractivity contribution >= 4 is 21.5 Å². The Balaban J connectivity index is 0.995. The highest BCUT2D eigenvalue weighted by Crippen LogP contribution is 2.52. The first kappa shape index (κ1) is 34.8. The summed E-state index contributed by atoms with van der Waals surface area (Å²) in [6, 6.07) is 74.3. The zero-order valence-electron chi connectivity index (χ0n) is 33.0. The number of rotatable bonds is 6. The summed E-state index contributed by atoms with van der Waals surface area (Å²) < 4.78 is 0. The summed E-state index contributed by atoms with van der Waals surface area (Å²) >= 11 is 0. The van der Waals surface area contributed by atoms with Crippen LogP contribution in [0.2, 0.25) is 0 Å². The molecule has 0 unspecified atom stereocenters. The van der Waals surface area contributed by atoms with Crippen LogP contribution < -0.4 is 0 Å². The van der Waals surface area contributed by atoms with Crippen LogP contribution >= 0.6 is 0 Å². The second kappa shape index (κ2) is 13.9. The highest BCUT2D eigenvalue weighted by molar-refractivity contribution is 6.06. The van der Waals surface area contributed by atoms with Crippen LogP contribution in [0, 0.1) is 0 Å². The summed E-state index contributed by atoms with van der Waals surface area (Å²) in [5, 5.41) is 4.99. The molecule has 1 heterocycles. The van der Waals surface area contributed by atoms with Crippen molar-refractivity contribution in [2.45, 2.75) is 19.3 Å². The van der Waals surface area contributed by atoms with Gasteiger partial charge in [-0.1, -0.05) is 208 Å². The molecule has 0 spiro atoms. The standard InChI is InChI=1S/C57H40N2/c1-57(2)52-34-30-44(35-51(52)50-31-29-41-15-9-10-18-46(41)55(50)57)45-32-33-49(48-20-12-11-19-47(45)48)54-36-53(58-56(59-54)43-16-7-4-8-17-43)42-27-25-40(26-28-42)39-23-21-38(22-24-39)37-13-5-3-6-14-37/h3-36H,1-2H3. The van der Waals surface area contributed by atoms with E-state index in [1.807, 2.05) is 18.2 Å². The molecule has 0 atom stereocenters. The second-order valence-corrected chi connectivity index (χ2v) is 16.1. The van der Waals surface area contributed by atoms with Gasteiger partial charge in [0.05, 0.1) is 11.4 Å². The Bertz CT molecular complexity index is 3200. The maximum atomic E-state index is 5.25. The number of nitrogens with zero attached hydrogens (tertiary/aromatic N) is 2. The van der Waals surface area contributed by atoms with Crippen molar-refractivity contribution in [3.63, 3.8) is 0 Å². The van der Waals surface area contributed by atoms with Crippen LogP contribution in [0.5, 0.6) is 0 Å². The molecule has 0 N–H and O–H groups in total. The first-order valence-corrected chi connectivity index (χ1v) is 20.4. The lowest BCUT2D eigenvalue weighted by Crippen LogP contribution is -2.15. The van der Waals surface area contributed by atoms with Crippen molar-refractivity contribution in [2.24, 2.45) is 0 Å². The number of fused-ring (bicyclic) bond motifs is 6. The Morgan fingerprint density at radius 2 is 0.814 bits per heavy atom. The van der Waals surface area contributed by atoms with Gasteiger partial charge in [-0.05, 0) is 89.3 Å². The van der Waals surface area contributed by atoms with Gasteiger partial charge in [0.15, 0.2) is 5.82 Å². The molecule has 1 aliphatic rings. The van der Waals surface area contributed by atoms with E-state index in [2.05, 4.69) is 202 Å². The Kier molecular flexibility index (Phi) is 8.20. The minimum Gasteiger partial charge on any atom is -0.228 e. The van der Waals surface area contributed by atoms with E-state index in [1.54, 1.807) is 0 Å². The van der Waals surface area contributed by atoms with Gasteiger partial charge < -0.3 is 0 Å². The van der Waals surface area contributed by atoms with Crippen molar-refractivity contribution < 1.29 is 0 Å². The van der Waals surface area contributed by atoms with Crippen molar-refractivity contribution in [3.8, 4) is 78.4 Å². The minimum atomic E-state index is -0.0916. The fourth-order valence-electron chi connectivity index (χ4n) is 9.33. The van der Waals surface area contributed by atoms with Gasteiger partial charge in [-0.15, -0.1) is 0 Å². The monoisotopic (exact) mass is 752 g/mol. The zero-order valence-corrected chi connectivity index (χ0v) is 33.0. The molecule has 2 nitrogen and oxygen atoms in total. The predicted octanol–water partition coefficient (Wildman–Crippen LogP) is 15.1. The molecule has 1 aromatic heterocycles. The molecule has 0 saturated heterocycles. The largest absolute Gasteiger partial charge is 0.228 e. The Hall–Kier alpha value is -7.42. The average molecular weight is 753 g/mol. The van der Waals surface area contributed by atoms with Crippen LogP contribution in [-0.4, -0.2) is 9.97 Å². The third-order valence-electron chi connectivity index (χ3n) is 12.3. The van der Waals surface area contributed by atoms with Gasteiger partial charge in [-0.3, -0.25) is 0 Å². The van der Waals surface area contributed by atoms with Gasteiger partial charge in [-0.2, -0.15) is 0 Å². The number of hydrogen-bond donors (Lipinski definition) is 0. The lowest BCUT2D eigenvalue weighted by atomic mass is 9.80. The summed E-state index contributed by atoms with van der Waals surface area (Å²) in [7, 11) is 0. The SMILES string of the molecule is CC1(C)c2ccc(-c3ccc(-c4cc(-c5ccc(-c6ccc(-c7ccccc7)cc6)cc5)nc(-c5ccccc5)n4)c4ccccc34)cc2-c2ccc3ccccc3c21. The fourth-order valence-corrected chi connectivity index (χ4v) is 9.33. The first-order valence-electron chi connectivity index (χ1n) is 20.4.